The summed E-state index contributed by atoms with van der Waals surface area (Å²) >= 11 is 0. The molecule has 8 nitrogen and oxygen atoms in total. The van der Waals surface area contributed by atoms with E-state index in [-0.39, 0.29) is 38.1 Å². The fraction of sp³-hybridized carbons (Fsp3) is 0.344. The number of hydrogen-bond acceptors (Lipinski definition) is 5. The number of hydrogen-bond donors (Lipinski definition) is 1. The number of rotatable bonds is 6. The van der Waals surface area contributed by atoms with Crippen LogP contribution in [0.4, 0.5) is 4.39 Å². The van der Waals surface area contributed by atoms with Gasteiger partial charge in [0, 0.05) is 49.6 Å². The van der Waals surface area contributed by atoms with Crippen molar-refractivity contribution in [1.82, 2.24) is 13.8 Å². The molecule has 0 fully saturated rings. The van der Waals surface area contributed by atoms with Crippen LogP contribution in [0.15, 0.2) is 77.7 Å². The lowest BCUT2D eigenvalue weighted by Crippen LogP contribution is -2.48. The van der Waals surface area contributed by atoms with Crippen LogP contribution in [0.1, 0.15) is 29.9 Å². The predicted molar refractivity (Wildman–Crippen MR) is 160 cm³/mol. The first-order chi connectivity index (χ1) is 20.1. The summed E-state index contributed by atoms with van der Waals surface area (Å²) in [7, 11) is -0.883. The molecule has 0 spiro atoms. The Morgan fingerprint density at radius 2 is 1.74 bits per heavy atom. The number of sulfonamides is 1. The maximum Gasteiger partial charge on any atom is 0.271 e. The number of aromatic nitrogens is 1. The maximum atomic E-state index is 14.5. The molecule has 1 aromatic heterocycles. The molecule has 0 saturated carbocycles. The second-order valence-electron chi connectivity index (χ2n) is 11.0. The zero-order chi connectivity index (χ0) is 30.2. The zero-order valence-corrected chi connectivity index (χ0v) is 25.0. The monoisotopic (exact) mass is 593 g/mol. The minimum atomic E-state index is -4.15. The molecule has 0 bridgehead atoms. The van der Waals surface area contributed by atoms with E-state index in [1.54, 1.807) is 11.8 Å². The van der Waals surface area contributed by atoms with Gasteiger partial charge in [0.1, 0.15) is 16.4 Å². The molecule has 42 heavy (non-hydrogen) atoms. The van der Waals surface area contributed by atoms with Crippen LogP contribution in [0, 0.1) is 11.7 Å². The van der Waals surface area contributed by atoms with Crippen molar-refractivity contribution in [3.05, 3.63) is 89.9 Å². The Bertz CT molecular complexity index is 1720. The lowest BCUT2D eigenvalue weighted by molar-refractivity contribution is -0.0147. The summed E-state index contributed by atoms with van der Waals surface area (Å²) in [6.45, 7) is 3.74. The third-order valence-electron chi connectivity index (χ3n) is 8.19. The highest BCUT2D eigenvalue weighted by Crippen LogP contribution is 2.38. The molecule has 3 aromatic carbocycles. The molecular formula is C32H36FN3O5S. The van der Waals surface area contributed by atoms with E-state index in [9.17, 15) is 22.7 Å². The minimum absolute atomic E-state index is 0.0641. The van der Waals surface area contributed by atoms with E-state index in [1.165, 1.54) is 25.2 Å². The molecular weight excluding hydrogens is 557 g/mol. The number of benzene rings is 3. The lowest BCUT2D eigenvalue weighted by Gasteiger charge is -2.35. The number of aryl methyl sites for hydroxylation is 1. The van der Waals surface area contributed by atoms with Gasteiger partial charge in [0.05, 0.1) is 25.4 Å². The average Bonchev–Trinajstić information content (AvgIpc) is 3.28. The fourth-order valence-electron chi connectivity index (χ4n) is 5.70. The van der Waals surface area contributed by atoms with Crippen molar-refractivity contribution in [3.63, 3.8) is 0 Å². The van der Waals surface area contributed by atoms with Gasteiger partial charge < -0.3 is 19.3 Å². The first kappa shape index (κ1) is 29.9. The summed E-state index contributed by atoms with van der Waals surface area (Å²) < 4.78 is 50.6. The van der Waals surface area contributed by atoms with E-state index in [4.69, 9.17) is 4.74 Å². The van der Waals surface area contributed by atoms with Gasteiger partial charge in [-0.3, -0.25) is 4.79 Å². The van der Waals surface area contributed by atoms with Gasteiger partial charge in [-0.25, -0.2) is 12.8 Å². The van der Waals surface area contributed by atoms with Gasteiger partial charge in [-0.05, 0) is 36.2 Å². The summed E-state index contributed by atoms with van der Waals surface area (Å²) in [5, 5.41) is 11.1. The van der Waals surface area contributed by atoms with E-state index in [0.717, 1.165) is 38.0 Å². The Morgan fingerprint density at radius 3 is 2.48 bits per heavy atom. The van der Waals surface area contributed by atoms with Crippen LogP contribution in [-0.2, 0) is 28.4 Å². The number of carbonyl (C=O) groups is 1. The summed E-state index contributed by atoms with van der Waals surface area (Å²) in [4.78, 5) is 15.7. The number of halogens is 1. The molecule has 1 N–H and O–H groups in total. The van der Waals surface area contributed by atoms with Crippen molar-refractivity contribution in [2.24, 2.45) is 13.0 Å². The Morgan fingerprint density at radius 1 is 1.07 bits per heavy atom. The molecule has 1 amide bonds. The van der Waals surface area contributed by atoms with Crippen molar-refractivity contribution in [2.75, 3.05) is 26.7 Å². The van der Waals surface area contributed by atoms with Crippen molar-refractivity contribution < 1.29 is 27.4 Å². The molecule has 0 saturated heterocycles. The minimum Gasteiger partial charge on any atom is -0.394 e. The fourth-order valence-corrected chi connectivity index (χ4v) is 6.94. The van der Waals surface area contributed by atoms with Crippen molar-refractivity contribution in [2.45, 2.75) is 37.5 Å². The van der Waals surface area contributed by atoms with Crippen molar-refractivity contribution in [1.29, 1.82) is 0 Å². The van der Waals surface area contributed by atoms with Crippen LogP contribution in [0.5, 0.6) is 0 Å². The Kier molecular flexibility index (Phi) is 8.52. The zero-order valence-electron chi connectivity index (χ0n) is 24.2. The molecule has 4 aromatic rings. The molecule has 1 aliphatic rings. The van der Waals surface area contributed by atoms with Gasteiger partial charge in [-0.15, -0.1) is 0 Å². The number of ether oxygens (including phenoxy) is 1. The van der Waals surface area contributed by atoms with Crippen molar-refractivity contribution >= 4 is 26.8 Å². The van der Waals surface area contributed by atoms with Gasteiger partial charge in [0.2, 0.25) is 10.0 Å². The predicted octanol–water partition coefficient (Wildman–Crippen LogP) is 4.66. The number of aliphatic hydroxyl groups excluding tert-OH is 1. The molecule has 0 radical (unpaired) electrons. The Labute approximate surface area is 246 Å². The topological polar surface area (TPSA) is 92.1 Å². The highest BCUT2D eigenvalue weighted by atomic mass is 32.2. The average molecular weight is 594 g/mol. The van der Waals surface area contributed by atoms with Crippen LogP contribution in [0.3, 0.4) is 0 Å². The number of para-hydroxylation sites is 1. The number of amides is 1. The van der Waals surface area contributed by atoms with Gasteiger partial charge in [-0.2, -0.15) is 4.31 Å². The number of aliphatic hydroxyl groups is 1. The molecule has 0 aliphatic carbocycles. The largest absolute Gasteiger partial charge is 0.394 e. The summed E-state index contributed by atoms with van der Waals surface area (Å²) in [5.74, 6) is -1.40. The molecule has 222 valence electrons. The van der Waals surface area contributed by atoms with Gasteiger partial charge in [0.15, 0.2) is 0 Å². The number of carbonyl (C=O) groups excluding carboxylic acids is 1. The number of nitrogens with zero attached hydrogens (tertiary/aromatic N) is 3. The van der Waals surface area contributed by atoms with E-state index < -0.39 is 32.9 Å². The van der Waals surface area contributed by atoms with E-state index in [1.807, 2.05) is 67.1 Å². The summed E-state index contributed by atoms with van der Waals surface area (Å²) in [6, 6.07) is 20.3. The lowest BCUT2D eigenvalue weighted by atomic mass is 9.96. The first-order valence-corrected chi connectivity index (χ1v) is 15.4. The summed E-state index contributed by atoms with van der Waals surface area (Å²) in [6.07, 6.45) is -0.649. The molecule has 0 unspecified atom stereocenters. The Balaban J connectivity index is 1.61. The van der Waals surface area contributed by atoms with Gasteiger partial charge in [-0.1, -0.05) is 61.5 Å². The third-order valence-corrected chi connectivity index (χ3v) is 10.0. The molecule has 3 atom stereocenters. The van der Waals surface area contributed by atoms with Crippen LogP contribution in [-0.4, -0.2) is 72.1 Å². The summed E-state index contributed by atoms with van der Waals surface area (Å²) in [5.41, 5.74) is 3.90. The van der Waals surface area contributed by atoms with Crippen LogP contribution >= 0.6 is 0 Å². The van der Waals surface area contributed by atoms with Crippen LogP contribution in [0.25, 0.3) is 22.0 Å². The second-order valence-corrected chi connectivity index (χ2v) is 13.0. The molecule has 10 heteroatoms. The quantitative estimate of drug-likeness (QED) is 0.351. The van der Waals surface area contributed by atoms with E-state index in [0.29, 0.717) is 5.69 Å². The highest BCUT2D eigenvalue weighted by molar-refractivity contribution is 7.89. The number of likely N-dealkylation sites (N-methyl/N-ethyl adjacent to an activating group) is 1. The Hall–Kier alpha value is -3.57. The SMILES string of the molecule is C[C@H](CO)N1C[C@H](C)[C@@H](CN(C)S(=O)(=O)c2ccccc2F)OCc2ccccc2-c2c(n(C)c3ccccc23)C1=O. The van der Waals surface area contributed by atoms with Gasteiger partial charge >= 0.3 is 0 Å². The first-order valence-electron chi connectivity index (χ1n) is 14.0. The van der Waals surface area contributed by atoms with Crippen LogP contribution < -0.4 is 0 Å². The molecule has 5 rings (SSSR count). The van der Waals surface area contributed by atoms with Crippen LogP contribution in [0.2, 0.25) is 0 Å². The molecule has 1 aliphatic heterocycles. The van der Waals surface area contributed by atoms with Crippen molar-refractivity contribution in [3.8, 4) is 11.1 Å². The standard InChI is InChI=1S/C32H36FN3O5S/c1-21-17-36(22(2)19-37)32(38)31-30(25-13-7-9-15-27(25)35(31)4)24-12-6-5-11-23(24)20-41-28(21)18-34(3)42(39,40)29-16-10-8-14-26(29)33/h5-16,21-22,28,37H,17-20H2,1-4H3/t21-,22+,28+/m0/s1. The van der Waals surface area contributed by atoms with E-state index >= 15 is 0 Å². The third kappa shape index (κ3) is 5.35. The smallest absolute Gasteiger partial charge is 0.271 e. The number of fused-ring (bicyclic) bond motifs is 5. The normalized spacial score (nSPS) is 18.9. The van der Waals surface area contributed by atoms with Gasteiger partial charge in [0.25, 0.3) is 5.91 Å². The highest BCUT2D eigenvalue weighted by Gasteiger charge is 2.35. The maximum absolute atomic E-state index is 14.5. The van der Waals surface area contributed by atoms with E-state index in [2.05, 4.69) is 0 Å². The molecule has 2 heterocycles. The second kappa shape index (κ2) is 12.0.